The smallest absolute Gasteiger partial charge is 0.352 e. The Hall–Kier alpha value is -5.19. The number of carbonyl (C=O) groups excluding carboxylic acids is 2. The number of amides is 1. The normalized spacial score (nSPS) is 18.1. The fourth-order valence-corrected chi connectivity index (χ4v) is 7.61. The minimum Gasteiger partial charge on any atom is -0.504 e. The van der Waals surface area contributed by atoms with Crippen LogP contribution in [0.15, 0.2) is 70.3 Å². The number of phenols is 2. The topological polar surface area (TPSA) is 213 Å². The summed E-state index contributed by atoms with van der Waals surface area (Å²) in [6, 6.07) is 12.6. The van der Waals surface area contributed by atoms with Crippen molar-refractivity contribution >= 4 is 63.6 Å². The van der Waals surface area contributed by atoms with Gasteiger partial charge in [0.15, 0.2) is 28.1 Å². The predicted octanol–water partition coefficient (Wildman–Crippen LogP) is 4.04. The van der Waals surface area contributed by atoms with Gasteiger partial charge in [0.25, 0.3) is 0 Å². The van der Waals surface area contributed by atoms with Gasteiger partial charge in [-0.25, -0.2) is 14.6 Å². The van der Waals surface area contributed by atoms with Crippen LogP contribution >= 0.6 is 23.1 Å². The lowest BCUT2D eigenvalue weighted by atomic mass is 9.89. The van der Waals surface area contributed by atoms with E-state index in [2.05, 4.69) is 24.2 Å². The Kier molecular flexibility index (Phi) is 10.6. The maximum absolute atomic E-state index is 13.4. The molecule has 2 atom stereocenters. The molecule has 3 heterocycles. The molecule has 0 bridgehead atoms. The van der Waals surface area contributed by atoms with Crippen LogP contribution in [0.5, 0.6) is 11.5 Å². The quantitative estimate of drug-likeness (QED) is 0.0522. The van der Waals surface area contributed by atoms with E-state index in [1.807, 2.05) is 24.3 Å². The molecule has 1 amide bonds. The number of hydrogen-bond acceptors (Lipinski definition) is 12. The highest BCUT2D eigenvalue weighted by Gasteiger charge is 2.54. The summed E-state index contributed by atoms with van der Waals surface area (Å²) in [6.45, 7) is 3.84. The summed E-state index contributed by atoms with van der Waals surface area (Å²) < 4.78 is 0.591. The van der Waals surface area contributed by atoms with E-state index in [4.69, 9.17) is 10.6 Å². The van der Waals surface area contributed by atoms with Crippen molar-refractivity contribution in [1.82, 2.24) is 9.88 Å². The second kappa shape index (κ2) is 14.6. The van der Waals surface area contributed by atoms with Crippen molar-refractivity contribution in [2.45, 2.75) is 44.3 Å². The molecule has 3 aromatic rings. The van der Waals surface area contributed by atoms with Crippen LogP contribution in [0.4, 0.5) is 5.13 Å². The highest BCUT2D eigenvalue weighted by Crippen LogP contribution is 2.45. The first-order chi connectivity index (χ1) is 24.0. The van der Waals surface area contributed by atoms with Gasteiger partial charge < -0.3 is 35.5 Å². The van der Waals surface area contributed by atoms with Crippen molar-refractivity contribution in [2.24, 2.45) is 11.1 Å². The van der Waals surface area contributed by atoms with Gasteiger partial charge in [0.1, 0.15) is 24.5 Å². The average molecular weight is 737 g/mol. The molecule has 1 aromatic heterocycles. The van der Waals surface area contributed by atoms with Gasteiger partial charge in [0, 0.05) is 28.7 Å². The Morgan fingerprint density at radius 3 is 2.33 bits per heavy atom. The lowest BCUT2D eigenvalue weighted by Gasteiger charge is -2.49. The van der Waals surface area contributed by atoms with Crippen LogP contribution in [-0.2, 0) is 37.1 Å². The van der Waals surface area contributed by atoms with Crippen molar-refractivity contribution in [3.8, 4) is 11.5 Å². The molecule has 14 nitrogen and oxygen atoms in total. The average Bonchev–Trinajstić information content (AvgIpc) is 3.49. The number of carbonyl (C=O) groups is 4. The number of nitrogen functional groups attached to an aromatic ring is 1. The number of oxime groups is 1. The fourth-order valence-electron chi connectivity index (χ4n) is 5.68. The number of aromatic nitrogens is 1. The van der Waals surface area contributed by atoms with E-state index >= 15 is 0 Å². The van der Waals surface area contributed by atoms with Crippen LogP contribution in [0.25, 0.3) is 6.08 Å². The molecule has 6 N–H and O–H groups in total. The van der Waals surface area contributed by atoms with Gasteiger partial charge in [-0.1, -0.05) is 41.6 Å². The van der Waals surface area contributed by atoms with E-state index in [1.165, 1.54) is 42.0 Å². The molecular formula is C35H38N5O9S2+. The number of fused-ring (bicyclic) bond motifs is 1. The monoisotopic (exact) mass is 736 g/mol. The van der Waals surface area contributed by atoms with E-state index in [1.54, 1.807) is 24.3 Å². The minimum atomic E-state index is -1.75. The first-order valence-corrected chi connectivity index (χ1v) is 17.6. The van der Waals surface area contributed by atoms with Crippen molar-refractivity contribution < 1.29 is 48.9 Å². The van der Waals surface area contributed by atoms with Crippen LogP contribution in [0, 0.1) is 5.92 Å². The highest BCUT2D eigenvalue weighted by atomic mass is 32.2. The molecule has 1 fully saturated rings. The van der Waals surface area contributed by atoms with Gasteiger partial charge in [0.2, 0.25) is 11.5 Å². The second-order valence-corrected chi connectivity index (χ2v) is 15.4. The summed E-state index contributed by atoms with van der Waals surface area (Å²) in [4.78, 5) is 61.2. The van der Waals surface area contributed by atoms with Crippen LogP contribution < -0.4 is 5.73 Å². The van der Waals surface area contributed by atoms with Gasteiger partial charge in [-0.05, 0) is 43.2 Å². The zero-order chi connectivity index (χ0) is 37.2. The lowest BCUT2D eigenvalue weighted by Crippen LogP contribution is -2.62. The zero-order valence-electron chi connectivity index (χ0n) is 28.3. The number of benzene rings is 2. The second-order valence-electron chi connectivity index (χ2n) is 13.4. The third kappa shape index (κ3) is 8.41. The van der Waals surface area contributed by atoms with Gasteiger partial charge in [-0.3, -0.25) is 14.5 Å². The summed E-state index contributed by atoms with van der Waals surface area (Å²) in [7, 11) is 4.12. The Morgan fingerprint density at radius 1 is 1.06 bits per heavy atom. The van der Waals surface area contributed by atoms with Crippen molar-refractivity contribution in [3.05, 3.63) is 87.6 Å². The number of nitrogens with two attached hydrogens (primary N) is 1. The summed E-state index contributed by atoms with van der Waals surface area (Å²) in [5.41, 5.74) is 6.86. The number of nitrogens with zero attached hydrogens (tertiary/aromatic N) is 4. The molecule has 2 aliphatic rings. The minimum absolute atomic E-state index is 0.0770. The van der Waals surface area contributed by atoms with E-state index < -0.39 is 40.5 Å². The third-order valence-corrected chi connectivity index (χ3v) is 10.4. The number of quaternary nitrogens is 1. The first kappa shape index (κ1) is 37.1. The number of carboxylic acid groups (broad SMARTS) is 2. The molecule has 0 unspecified atom stereocenters. The molecule has 268 valence electrons. The van der Waals surface area contributed by atoms with Crippen molar-refractivity contribution in [2.75, 3.05) is 25.6 Å². The number of aliphatic carboxylic acids is 2. The van der Waals surface area contributed by atoms with E-state index in [-0.39, 0.29) is 45.9 Å². The number of anilines is 1. The van der Waals surface area contributed by atoms with Gasteiger partial charge in [0.05, 0.1) is 25.4 Å². The first-order valence-electron chi connectivity index (χ1n) is 15.7. The Bertz CT molecular complexity index is 1970. The molecular weight excluding hydrogens is 699 g/mol. The standard InChI is InChI=1S/C35H37N5O9S2/c1-35(2,33(47)48)49-38-28(24-18-51-34(36)37-24)27(43)14-23-30(44)39-29(32(45)46)22(17-50-31(23)39)11-9-19-5-7-20(8-6-19)15-40(3,4)16-21-10-12-25(41)26(42)13-21/h5-13,18,23,31H,14-17H2,1-4H3,(H5-,36,37,38,41,42,43,45,46,47,48)/p+1/t23-,31-/m1/s1. The van der Waals surface area contributed by atoms with Crippen LogP contribution in [0.1, 0.15) is 42.7 Å². The third-order valence-electron chi connectivity index (χ3n) is 8.34. The number of thioether (sulfide) groups is 1. The number of hydrogen-bond donors (Lipinski definition) is 5. The van der Waals surface area contributed by atoms with Crippen LogP contribution in [-0.4, -0.2) is 95.0 Å². The Balaban J connectivity index is 1.27. The highest BCUT2D eigenvalue weighted by molar-refractivity contribution is 8.00. The van der Waals surface area contributed by atoms with Crippen molar-refractivity contribution in [1.29, 1.82) is 0 Å². The molecule has 0 aliphatic carbocycles. The van der Waals surface area contributed by atoms with Crippen molar-refractivity contribution in [3.63, 3.8) is 0 Å². The number of thiazole rings is 1. The fraction of sp³-hybridized carbons (Fsp3) is 0.314. The number of carboxylic acids is 2. The number of phenolic OH excluding ortho intramolecular Hbond substituents is 2. The van der Waals surface area contributed by atoms with E-state index in [0.29, 0.717) is 23.1 Å². The number of aromatic hydroxyl groups is 2. The number of ketones is 1. The molecule has 0 spiro atoms. The van der Waals surface area contributed by atoms with E-state index in [0.717, 1.165) is 28.0 Å². The molecule has 5 rings (SSSR count). The molecule has 2 aliphatic heterocycles. The molecule has 1 saturated heterocycles. The van der Waals surface area contributed by atoms with Gasteiger partial charge in [-0.15, -0.1) is 23.1 Å². The van der Waals surface area contributed by atoms with Gasteiger partial charge in [-0.2, -0.15) is 0 Å². The number of rotatable bonds is 14. The molecule has 16 heteroatoms. The number of allylic oxidation sites excluding steroid dienone is 1. The molecule has 0 radical (unpaired) electrons. The molecule has 51 heavy (non-hydrogen) atoms. The number of Topliss-reactive ketones (excluding diaryl/α,β-unsaturated/α-hetero) is 1. The summed E-state index contributed by atoms with van der Waals surface area (Å²) in [5.74, 6) is -4.60. The zero-order valence-corrected chi connectivity index (χ0v) is 29.9. The summed E-state index contributed by atoms with van der Waals surface area (Å²) in [6.07, 6.45) is 3.15. The largest absolute Gasteiger partial charge is 0.504 e. The maximum Gasteiger partial charge on any atom is 0.352 e. The SMILES string of the molecule is CC(C)(O/N=C(\C(=O)C[C@@H]1C(=O)N2C(C(=O)O)=C(C=Cc3ccc(C[N+](C)(C)Cc4ccc(O)c(O)c4)cc3)CS[C@H]12)c1csc(N)n1)C(=O)O. The van der Waals surface area contributed by atoms with Crippen LogP contribution in [0.3, 0.4) is 0 Å². The number of β-lactam (4-membered cyclic amide) rings is 1. The predicted molar refractivity (Wildman–Crippen MR) is 191 cm³/mol. The Labute approximate surface area is 301 Å². The lowest BCUT2D eigenvalue weighted by molar-refractivity contribution is -0.916. The summed E-state index contributed by atoms with van der Waals surface area (Å²) in [5, 5.41) is 43.8. The summed E-state index contributed by atoms with van der Waals surface area (Å²) >= 11 is 2.39. The Morgan fingerprint density at radius 2 is 1.73 bits per heavy atom. The molecule has 0 saturated carbocycles. The molecule has 2 aromatic carbocycles. The van der Waals surface area contributed by atoms with E-state index in [9.17, 15) is 39.6 Å². The van der Waals surface area contributed by atoms with Crippen LogP contribution in [0.2, 0.25) is 0 Å². The maximum atomic E-state index is 13.4. The van der Waals surface area contributed by atoms with Gasteiger partial charge >= 0.3 is 11.9 Å².